The minimum atomic E-state index is -0.529. The standard InChI is InChI=1S/C11H24O/c1-8(2)7-10(9(3)4)11(5,6)12/h8-10,12H,7H2,1-6H3. The molecule has 74 valence electrons. The number of rotatable bonds is 4. The van der Waals surface area contributed by atoms with Crippen molar-refractivity contribution < 1.29 is 5.11 Å². The molecule has 0 aromatic heterocycles. The topological polar surface area (TPSA) is 20.2 Å². The summed E-state index contributed by atoms with van der Waals surface area (Å²) in [6.45, 7) is 12.6. The van der Waals surface area contributed by atoms with Gasteiger partial charge >= 0.3 is 0 Å². The highest BCUT2D eigenvalue weighted by molar-refractivity contribution is 4.80. The Hall–Kier alpha value is -0.0400. The maximum atomic E-state index is 9.90. The minimum Gasteiger partial charge on any atom is -0.390 e. The van der Waals surface area contributed by atoms with E-state index in [0.717, 1.165) is 6.42 Å². The van der Waals surface area contributed by atoms with E-state index in [4.69, 9.17) is 0 Å². The summed E-state index contributed by atoms with van der Waals surface area (Å²) >= 11 is 0. The molecule has 1 nitrogen and oxygen atoms in total. The zero-order chi connectivity index (χ0) is 9.94. The van der Waals surface area contributed by atoms with Crippen LogP contribution in [-0.4, -0.2) is 10.7 Å². The molecule has 0 saturated carbocycles. The van der Waals surface area contributed by atoms with Gasteiger partial charge in [-0.3, -0.25) is 0 Å². The summed E-state index contributed by atoms with van der Waals surface area (Å²) in [7, 11) is 0. The van der Waals surface area contributed by atoms with E-state index in [9.17, 15) is 5.11 Å². The third-order valence-electron chi connectivity index (χ3n) is 2.44. The fraction of sp³-hybridized carbons (Fsp3) is 1.00. The molecule has 0 aliphatic carbocycles. The van der Waals surface area contributed by atoms with Crippen LogP contribution in [0.5, 0.6) is 0 Å². The second-order valence-corrected chi connectivity index (χ2v) is 5.13. The van der Waals surface area contributed by atoms with Crippen LogP contribution < -0.4 is 0 Å². The summed E-state index contributed by atoms with van der Waals surface area (Å²) in [6.07, 6.45) is 1.11. The number of hydrogen-bond acceptors (Lipinski definition) is 1. The molecular formula is C11H24O. The van der Waals surface area contributed by atoms with Gasteiger partial charge in [0.15, 0.2) is 0 Å². The van der Waals surface area contributed by atoms with E-state index in [0.29, 0.717) is 17.8 Å². The Bertz CT molecular complexity index is 119. The molecule has 0 spiro atoms. The monoisotopic (exact) mass is 172 g/mol. The van der Waals surface area contributed by atoms with Crippen LogP contribution in [0.2, 0.25) is 0 Å². The molecule has 1 atom stereocenters. The van der Waals surface area contributed by atoms with Crippen molar-refractivity contribution in [1.29, 1.82) is 0 Å². The zero-order valence-corrected chi connectivity index (χ0v) is 9.39. The molecule has 0 fully saturated rings. The average molecular weight is 172 g/mol. The van der Waals surface area contributed by atoms with Crippen molar-refractivity contribution in [3.8, 4) is 0 Å². The smallest absolute Gasteiger partial charge is 0.0622 e. The minimum absolute atomic E-state index is 0.414. The van der Waals surface area contributed by atoms with Gasteiger partial charge in [0.25, 0.3) is 0 Å². The van der Waals surface area contributed by atoms with Crippen molar-refractivity contribution in [2.75, 3.05) is 0 Å². The summed E-state index contributed by atoms with van der Waals surface area (Å²) in [6, 6.07) is 0. The first kappa shape index (κ1) is 12.0. The molecule has 0 aromatic carbocycles. The molecule has 0 bridgehead atoms. The molecule has 0 radical (unpaired) electrons. The fourth-order valence-corrected chi connectivity index (χ4v) is 1.88. The van der Waals surface area contributed by atoms with Crippen molar-refractivity contribution in [2.24, 2.45) is 17.8 Å². The van der Waals surface area contributed by atoms with Gasteiger partial charge in [0.05, 0.1) is 5.60 Å². The molecular weight excluding hydrogens is 148 g/mol. The number of hydrogen-bond donors (Lipinski definition) is 1. The van der Waals surface area contributed by atoms with Crippen LogP contribution in [0.4, 0.5) is 0 Å². The highest BCUT2D eigenvalue weighted by Gasteiger charge is 2.29. The van der Waals surface area contributed by atoms with Crippen molar-refractivity contribution in [3.05, 3.63) is 0 Å². The Morgan fingerprint density at radius 1 is 1.08 bits per heavy atom. The van der Waals surface area contributed by atoms with Gasteiger partial charge < -0.3 is 5.11 Å². The van der Waals surface area contributed by atoms with E-state index in [1.165, 1.54) is 0 Å². The van der Waals surface area contributed by atoms with E-state index in [1.807, 2.05) is 13.8 Å². The number of aliphatic hydroxyl groups is 1. The summed E-state index contributed by atoms with van der Waals surface area (Å²) in [4.78, 5) is 0. The van der Waals surface area contributed by atoms with Gasteiger partial charge in [0.1, 0.15) is 0 Å². The van der Waals surface area contributed by atoms with Crippen LogP contribution in [0.15, 0.2) is 0 Å². The van der Waals surface area contributed by atoms with Crippen LogP contribution in [0.25, 0.3) is 0 Å². The molecule has 0 aromatic rings. The molecule has 12 heavy (non-hydrogen) atoms. The normalized spacial score (nSPS) is 15.8. The van der Waals surface area contributed by atoms with E-state index in [-0.39, 0.29) is 0 Å². The van der Waals surface area contributed by atoms with Gasteiger partial charge in [-0.2, -0.15) is 0 Å². The van der Waals surface area contributed by atoms with Gasteiger partial charge in [0, 0.05) is 0 Å². The predicted octanol–water partition coefficient (Wildman–Crippen LogP) is 3.08. The summed E-state index contributed by atoms with van der Waals surface area (Å²) in [5.41, 5.74) is -0.529. The first-order valence-corrected chi connectivity index (χ1v) is 4.97. The molecule has 1 heteroatoms. The molecule has 0 aliphatic heterocycles. The maximum absolute atomic E-state index is 9.90. The lowest BCUT2D eigenvalue weighted by atomic mass is 9.77. The maximum Gasteiger partial charge on any atom is 0.0622 e. The summed E-state index contributed by atoms with van der Waals surface area (Å²) in [5, 5.41) is 9.90. The van der Waals surface area contributed by atoms with Crippen molar-refractivity contribution >= 4 is 0 Å². The zero-order valence-electron chi connectivity index (χ0n) is 9.39. The molecule has 0 heterocycles. The first-order chi connectivity index (χ1) is 5.25. The van der Waals surface area contributed by atoms with Crippen molar-refractivity contribution in [2.45, 2.75) is 53.6 Å². The Balaban J connectivity index is 4.25. The SMILES string of the molecule is CC(C)CC(C(C)C)C(C)(C)O. The molecule has 0 amide bonds. The lowest BCUT2D eigenvalue weighted by molar-refractivity contribution is -0.0130. The molecule has 1 N–H and O–H groups in total. The fourth-order valence-electron chi connectivity index (χ4n) is 1.88. The van der Waals surface area contributed by atoms with Gasteiger partial charge in [-0.05, 0) is 38.0 Å². The second-order valence-electron chi connectivity index (χ2n) is 5.13. The molecule has 0 aliphatic rings. The molecule has 1 unspecified atom stereocenters. The average Bonchev–Trinajstić information content (AvgIpc) is 1.79. The quantitative estimate of drug-likeness (QED) is 0.691. The van der Waals surface area contributed by atoms with Crippen LogP contribution in [0.1, 0.15) is 48.0 Å². The van der Waals surface area contributed by atoms with Gasteiger partial charge in [0.2, 0.25) is 0 Å². The van der Waals surface area contributed by atoms with Gasteiger partial charge in [-0.25, -0.2) is 0 Å². The third kappa shape index (κ3) is 4.10. The lowest BCUT2D eigenvalue weighted by Crippen LogP contribution is -2.35. The van der Waals surface area contributed by atoms with Crippen molar-refractivity contribution in [3.63, 3.8) is 0 Å². The largest absolute Gasteiger partial charge is 0.390 e. The molecule has 0 saturated heterocycles. The van der Waals surface area contributed by atoms with Gasteiger partial charge in [-0.15, -0.1) is 0 Å². The molecule has 0 rings (SSSR count). The second kappa shape index (κ2) is 4.27. The Kier molecular flexibility index (Phi) is 4.25. The van der Waals surface area contributed by atoms with Crippen LogP contribution in [0, 0.1) is 17.8 Å². The highest BCUT2D eigenvalue weighted by Crippen LogP contribution is 2.30. The first-order valence-electron chi connectivity index (χ1n) is 4.97. The van der Waals surface area contributed by atoms with Crippen LogP contribution in [0.3, 0.4) is 0 Å². The van der Waals surface area contributed by atoms with Crippen LogP contribution >= 0.6 is 0 Å². The Morgan fingerprint density at radius 3 is 1.58 bits per heavy atom. The summed E-state index contributed by atoms with van der Waals surface area (Å²) < 4.78 is 0. The Labute approximate surface area is 77.2 Å². The van der Waals surface area contributed by atoms with Gasteiger partial charge in [-0.1, -0.05) is 27.7 Å². The Morgan fingerprint density at radius 2 is 1.50 bits per heavy atom. The third-order valence-corrected chi connectivity index (χ3v) is 2.44. The van der Waals surface area contributed by atoms with E-state index >= 15 is 0 Å². The lowest BCUT2D eigenvalue weighted by Gasteiger charge is -2.33. The van der Waals surface area contributed by atoms with Crippen LogP contribution in [-0.2, 0) is 0 Å². The summed E-state index contributed by atoms with van der Waals surface area (Å²) in [5.74, 6) is 1.65. The highest BCUT2D eigenvalue weighted by atomic mass is 16.3. The predicted molar refractivity (Wildman–Crippen MR) is 54.1 cm³/mol. The van der Waals surface area contributed by atoms with E-state index < -0.39 is 5.60 Å². The van der Waals surface area contributed by atoms with E-state index in [1.54, 1.807) is 0 Å². The van der Waals surface area contributed by atoms with E-state index in [2.05, 4.69) is 27.7 Å². The van der Waals surface area contributed by atoms with Crippen molar-refractivity contribution in [1.82, 2.24) is 0 Å².